The fraction of sp³-hybridized carbons (Fsp3) is 0.471. The number of likely N-dealkylation sites (N-methyl/N-ethyl adjacent to an activating group) is 1. The average Bonchev–Trinajstić information content (AvgIpc) is 2.58. The van der Waals surface area contributed by atoms with Crippen LogP contribution in [0.2, 0.25) is 0 Å². The van der Waals surface area contributed by atoms with E-state index >= 15 is 0 Å². The van der Waals surface area contributed by atoms with E-state index in [1.807, 2.05) is 12.1 Å². The minimum Gasteiger partial charge on any atom is -0.354 e. The third-order valence-corrected chi connectivity index (χ3v) is 4.15. The number of hydrogen-bond acceptors (Lipinski definition) is 4. The topological polar surface area (TPSA) is 78.1 Å². The summed E-state index contributed by atoms with van der Waals surface area (Å²) in [6.45, 7) is 9.37. The molecule has 0 aliphatic heterocycles. The van der Waals surface area contributed by atoms with Crippen molar-refractivity contribution in [2.45, 2.75) is 26.7 Å². The molecule has 0 fully saturated rings. The Hall–Kier alpha value is -2.21. The van der Waals surface area contributed by atoms with Gasteiger partial charge in [0, 0.05) is 18.5 Å². The molecule has 23 heavy (non-hydrogen) atoms. The van der Waals surface area contributed by atoms with Crippen LogP contribution in [-0.2, 0) is 4.79 Å². The molecule has 6 heteroatoms. The van der Waals surface area contributed by atoms with E-state index in [1.54, 1.807) is 19.1 Å². The standard InChI is InChI=1S/C17H24N4O2/c1-4-21(5-2)11-10-18-16(22)12(3)15-13-8-6-7-9-14(13)17(23)20-19-15/h6-9,12H,4-5,10-11H2,1-3H3,(H,18,22)(H,20,23)/t12-/m1/s1. The lowest BCUT2D eigenvalue weighted by Gasteiger charge is -2.19. The first-order valence-electron chi connectivity index (χ1n) is 8.05. The Kier molecular flexibility index (Phi) is 5.87. The predicted octanol–water partition coefficient (Wildman–Crippen LogP) is 1.48. The largest absolute Gasteiger partial charge is 0.354 e. The summed E-state index contributed by atoms with van der Waals surface area (Å²) in [4.78, 5) is 26.4. The molecule has 0 aliphatic rings. The van der Waals surface area contributed by atoms with Crippen molar-refractivity contribution in [3.05, 3.63) is 40.3 Å². The summed E-state index contributed by atoms with van der Waals surface area (Å²) in [7, 11) is 0. The molecule has 0 spiro atoms. The van der Waals surface area contributed by atoms with Gasteiger partial charge in [-0.15, -0.1) is 0 Å². The number of rotatable bonds is 7. The van der Waals surface area contributed by atoms with Gasteiger partial charge in [0.25, 0.3) is 5.56 Å². The molecule has 1 atom stereocenters. The van der Waals surface area contributed by atoms with Gasteiger partial charge in [-0.25, -0.2) is 5.10 Å². The number of amides is 1. The fourth-order valence-corrected chi connectivity index (χ4v) is 2.62. The molecule has 1 amide bonds. The monoisotopic (exact) mass is 316 g/mol. The molecule has 2 rings (SSSR count). The van der Waals surface area contributed by atoms with E-state index in [1.165, 1.54) is 0 Å². The first kappa shape index (κ1) is 17.1. The Morgan fingerprint density at radius 2 is 1.91 bits per heavy atom. The Balaban J connectivity index is 2.11. The second-order valence-electron chi connectivity index (χ2n) is 5.52. The number of carbonyl (C=O) groups is 1. The molecule has 2 aromatic rings. The van der Waals surface area contributed by atoms with E-state index in [4.69, 9.17) is 0 Å². The van der Waals surface area contributed by atoms with Crippen LogP contribution in [0.25, 0.3) is 10.8 Å². The first-order valence-corrected chi connectivity index (χ1v) is 8.05. The molecule has 0 radical (unpaired) electrons. The highest BCUT2D eigenvalue weighted by Gasteiger charge is 2.20. The molecule has 0 saturated carbocycles. The third kappa shape index (κ3) is 3.96. The summed E-state index contributed by atoms with van der Waals surface area (Å²) >= 11 is 0. The highest BCUT2D eigenvalue weighted by molar-refractivity contribution is 5.90. The lowest BCUT2D eigenvalue weighted by Crippen LogP contribution is -2.36. The van der Waals surface area contributed by atoms with Gasteiger partial charge in [-0.3, -0.25) is 9.59 Å². The number of fused-ring (bicyclic) bond motifs is 1. The smallest absolute Gasteiger partial charge is 0.272 e. The van der Waals surface area contributed by atoms with Crippen LogP contribution in [0.3, 0.4) is 0 Å². The van der Waals surface area contributed by atoms with E-state index in [9.17, 15) is 9.59 Å². The number of aromatic amines is 1. The first-order chi connectivity index (χ1) is 11.1. The molecule has 6 nitrogen and oxygen atoms in total. The number of nitrogens with one attached hydrogen (secondary N) is 2. The summed E-state index contributed by atoms with van der Waals surface area (Å²) in [5.41, 5.74) is 0.360. The van der Waals surface area contributed by atoms with Gasteiger partial charge in [0.1, 0.15) is 0 Å². The van der Waals surface area contributed by atoms with Crippen molar-refractivity contribution in [3.8, 4) is 0 Å². The zero-order valence-electron chi connectivity index (χ0n) is 13.9. The van der Waals surface area contributed by atoms with Gasteiger partial charge in [0.2, 0.25) is 5.91 Å². The van der Waals surface area contributed by atoms with Crippen molar-refractivity contribution in [2.75, 3.05) is 26.2 Å². The Morgan fingerprint density at radius 1 is 1.26 bits per heavy atom. The van der Waals surface area contributed by atoms with Crippen LogP contribution < -0.4 is 10.9 Å². The Labute approximate surface area is 135 Å². The van der Waals surface area contributed by atoms with Crippen molar-refractivity contribution in [1.82, 2.24) is 20.4 Å². The zero-order chi connectivity index (χ0) is 16.8. The van der Waals surface area contributed by atoms with E-state index in [0.717, 1.165) is 25.0 Å². The van der Waals surface area contributed by atoms with Crippen LogP contribution in [-0.4, -0.2) is 47.2 Å². The maximum atomic E-state index is 12.4. The molecular formula is C17H24N4O2. The maximum Gasteiger partial charge on any atom is 0.272 e. The lowest BCUT2D eigenvalue weighted by atomic mass is 10.0. The maximum absolute atomic E-state index is 12.4. The molecule has 0 aliphatic carbocycles. The molecule has 1 heterocycles. The average molecular weight is 316 g/mol. The SMILES string of the molecule is CCN(CC)CCNC(=O)[C@H](C)c1n[nH]c(=O)c2ccccc12. The van der Waals surface area contributed by atoms with E-state index in [0.29, 0.717) is 17.6 Å². The molecule has 0 saturated heterocycles. The molecule has 1 aromatic heterocycles. The quantitative estimate of drug-likeness (QED) is 0.811. The molecular weight excluding hydrogens is 292 g/mol. The van der Waals surface area contributed by atoms with Gasteiger partial charge < -0.3 is 10.2 Å². The van der Waals surface area contributed by atoms with Crippen molar-refractivity contribution < 1.29 is 4.79 Å². The van der Waals surface area contributed by atoms with Crippen LogP contribution in [0.5, 0.6) is 0 Å². The van der Waals surface area contributed by atoms with Gasteiger partial charge in [-0.2, -0.15) is 5.10 Å². The van der Waals surface area contributed by atoms with Crippen molar-refractivity contribution in [3.63, 3.8) is 0 Å². The summed E-state index contributed by atoms with van der Waals surface area (Å²) in [6, 6.07) is 7.21. The van der Waals surface area contributed by atoms with Crippen LogP contribution in [0.15, 0.2) is 29.1 Å². The van der Waals surface area contributed by atoms with Crippen LogP contribution in [0.1, 0.15) is 32.4 Å². The number of aromatic nitrogens is 2. The van der Waals surface area contributed by atoms with E-state index < -0.39 is 5.92 Å². The lowest BCUT2D eigenvalue weighted by molar-refractivity contribution is -0.122. The van der Waals surface area contributed by atoms with Gasteiger partial charge in [-0.05, 0) is 26.1 Å². The van der Waals surface area contributed by atoms with Crippen molar-refractivity contribution in [1.29, 1.82) is 0 Å². The second kappa shape index (κ2) is 7.87. The molecule has 1 aromatic carbocycles. The highest BCUT2D eigenvalue weighted by atomic mass is 16.2. The van der Waals surface area contributed by atoms with Gasteiger partial charge in [0.05, 0.1) is 17.0 Å². The Bertz CT molecular complexity index is 722. The number of nitrogens with zero attached hydrogens (tertiary/aromatic N) is 2. The molecule has 0 bridgehead atoms. The fourth-order valence-electron chi connectivity index (χ4n) is 2.62. The summed E-state index contributed by atoms with van der Waals surface area (Å²) < 4.78 is 0. The van der Waals surface area contributed by atoms with Crippen LogP contribution in [0, 0.1) is 0 Å². The highest BCUT2D eigenvalue weighted by Crippen LogP contribution is 2.20. The van der Waals surface area contributed by atoms with Crippen molar-refractivity contribution >= 4 is 16.7 Å². The normalized spacial score (nSPS) is 12.5. The second-order valence-corrected chi connectivity index (χ2v) is 5.52. The summed E-state index contributed by atoms with van der Waals surface area (Å²) in [5.74, 6) is -0.504. The minimum absolute atomic E-state index is 0.0816. The number of carbonyl (C=O) groups excluding carboxylic acids is 1. The number of benzene rings is 1. The Morgan fingerprint density at radius 3 is 2.57 bits per heavy atom. The third-order valence-electron chi connectivity index (χ3n) is 4.15. The van der Waals surface area contributed by atoms with Crippen LogP contribution >= 0.6 is 0 Å². The zero-order valence-corrected chi connectivity index (χ0v) is 13.9. The minimum atomic E-state index is -0.423. The van der Waals surface area contributed by atoms with Gasteiger partial charge >= 0.3 is 0 Å². The molecule has 2 N–H and O–H groups in total. The summed E-state index contributed by atoms with van der Waals surface area (Å²) in [6.07, 6.45) is 0. The van der Waals surface area contributed by atoms with E-state index in [2.05, 4.69) is 34.3 Å². The van der Waals surface area contributed by atoms with Crippen LogP contribution in [0.4, 0.5) is 0 Å². The molecule has 124 valence electrons. The molecule has 0 unspecified atom stereocenters. The number of H-pyrrole nitrogens is 1. The van der Waals surface area contributed by atoms with Gasteiger partial charge in [-0.1, -0.05) is 32.0 Å². The van der Waals surface area contributed by atoms with E-state index in [-0.39, 0.29) is 11.5 Å². The number of hydrogen-bond donors (Lipinski definition) is 2. The van der Waals surface area contributed by atoms with Gasteiger partial charge in [0.15, 0.2) is 0 Å². The van der Waals surface area contributed by atoms with Crippen molar-refractivity contribution in [2.24, 2.45) is 0 Å². The predicted molar refractivity (Wildman–Crippen MR) is 91.6 cm³/mol. The summed E-state index contributed by atoms with van der Waals surface area (Å²) in [5, 5.41) is 10.8.